The number of thiazole rings is 1. The Morgan fingerprint density at radius 2 is 1.69 bits per heavy atom. The lowest BCUT2D eigenvalue weighted by Gasteiger charge is -2.24. The van der Waals surface area contributed by atoms with Gasteiger partial charge in [0.1, 0.15) is 11.6 Å². The minimum atomic E-state index is -0.880. The predicted molar refractivity (Wildman–Crippen MR) is 136 cm³/mol. The Balaban J connectivity index is 1.72. The van der Waals surface area contributed by atoms with Crippen LogP contribution in [-0.4, -0.2) is 21.8 Å². The summed E-state index contributed by atoms with van der Waals surface area (Å²) in [7, 11) is 0. The standard InChI is InChI=1S/C28H23FN2O3S/c1-28(2,3)18-11-9-16(10-12-18)23-22(24(32)17-7-5-4-6-8-17)25(33)26(34)31(23)27-30-20-14-13-19(29)15-21(20)35-27/h4-15,23,32H,1-3H3/b24-22+. The number of rotatable bonds is 3. The Morgan fingerprint density at radius 3 is 2.34 bits per heavy atom. The molecule has 176 valence electrons. The van der Waals surface area contributed by atoms with E-state index in [9.17, 15) is 19.1 Å². The lowest BCUT2D eigenvalue weighted by atomic mass is 9.85. The fourth-order valence-electron chi connectivity index (χ4n) is 4.25. The number of Topliss-reactive ketones (excluding diaryl/α,β-unsaturated/α-hetero) is 1. The second-order valence-corrected chi connectivity index (χ2v) is 10.5. The molecule has 0 radical (unpaired) electrons. The number of carbonyl (C=O) groups is 2. The maximum Gasteiger partial charge on any atom is 0.301 e. The summed E-state index contributed by atoms with van der Waals surface area (Å²) in [5.74, 6) is -2.23. The van der Waals surface area contributed by atoms with E-state index in [4.69, 9.17) is 0 Å². The number of anilines is 1. The number of aromatic nitrogens is 1. The normalized spacial score (nSPS) is 17.9. The molecular formula is C28H23FN2O3S. The Bertz CT molecular complexity index is 1480. The van der Waals surface area contributed by atoms with Gasteiger partial charge in [-0.1, -0.05) is 86.7 Å². The van der Waals surface area contributed by atoms with Gasteiger partial charge in [-0.2, -0.15) is 0 Å². The molecule has 2 heterocycles. The number of benzene rings is 3. The van der Waals surface area contributed by atoms with Crippen LogP contribution in [0.2, 0.25) is 0 Å². The number of halogens is 1. The number of ketones is 1. The van der Waals surface area contributed by atoms with Crippen LogP contribution >= 0.6 is 11.3 Å². The van der Waals surface area contributed by atoms with Crippen molar-refractivity contribution in [2.75, 3.05) is 4.90 Å². The van der Waals surface area contributed by atoms with E-state index < -0.39 is 23.5 Å². The molecule has 1 N–H and O–H groups in total. The molecule has 1 saturated heterocycles. The van der Waals surface area contributed by atoms with Gasteiger partial charge in [0.15, 0.2) is 5.13 Å². The summed E-state index contributed by atoms with van der Waals surface area (Å²) in [6, 6.07) is 19.7. The molecule has 0 aliphatic carbocycles. The van der Waals surface area contributed by atoms with Crippen molar-refractivity contribution >= 4 is 44.1 Å². The van der Waals surface area contributed by atoms with Crippen molar-refractivity contribution in [3.8, 4) is 0 Å². The summed E-state index contributed by atoms with van der Waals surface area (Å²) >= 11 is 1.13. The highest BCUT2D eigenvalue weighted by atomic mass is 32.1. The van der Waals surface area contributed by atoms with Crippen LogP contribution in [0.5, 0.6) is 0 Å². The van der Waals surface area contributed by atoms with Crippen LogP contribution in [-0.2, 0) is 15.0 Å². The summed E-state index contributed by atoms with van der Waals surface area (Å²) in [5.41, 5.74) is 2.64. The molecule has 1 amide bonds. The topological polar surface area (TPSA) is 70.5 Å². The van der Waals surface area contributed by atoms with E-state index in [1.54, 1.807) is 36.4 Å². The van der Waals surface area contributed by atoms with Gasteiger partial charge in [-0.3, -0.25) is 14.5 Å². The molecule has 5 rings (SSSR count). The smallest absolute Gasteiger partial charge is 0.301 e. The third kappa shape index (κ3) is 4.02. The van der Waals surface area contributed by atoms with Crippen LogP contribution in [0, 0.1) is 5.82 Å². The molecule has 5 nitrogen and oxygen atoms in total. The van der Waals surface area contributed by atoms with E-state index in [1.807, 2.05) is 24.3 Å². The molecule has 1 aromatic heterocycles. The lowest BCUT2D eigenvalue weighted by molar-refractivity contribution is -0.132. The SMILES string of the molecule is CC(C)(C)c1ccc(C2/C(=C(\O)c3ccccc3)C(=O)C(=O)N2c2nc3ccc(F)cc3s2)cc1. The molecule has 1 atom stereocenters. The van der Waals surface area contributed by atoms with E-state index in [1.165, 1.54) is 17.0 Å². The molecular weight excluding hydrogens is 463 g/mol. The summed E-state index contributed by atoms with van der Waals surface area (Å²) in [4.78, 5) is 32.5. The van der Waals surface area contributed by atoms with Crippen molar-refractivity contribution < 1.29 is 19.1 Å². The Morgan fingerprint density at radius 1 is 1.00 bits per heavy atom. The van der Waals surface area contributed by atoms with E-state index in [0.717, 1.165) is 16.9 Å². The van der Waals surface area contributed by atoms with Gasteiger partial charge in [0.2, 0.25) is 0 Å². The number of fused-ring (bicyclic) bond motifs is 1. The van der Waals surface area contributed by atoms with Gasteiger partial charge >= 0.3 is 5.91 Å². The highest BCUT2D eigenvalue weighted by Crippen LogP contribution is 2.44. The molecule has 0 saturated carbocycles. The zero-order valence-electron chi connectivity index (χ0n) is 19.4. The Hall–Kier alpha value is -3.84. The van der Waals surface area contributed by atoms with Crippen LogP contribution in [0.4, 0.5) is 9.52 Å². The number of hydrogen-bond donors (Lipinski definition) is 1. The van der Waals surface area contributed by atoms with Crippen LogP contribution in [0.15, 0.2) is 78.4 Å². The Kier molecular flexibility index (Phi) is 5.52. The average Bonchev–Trinajstić information content (AvgIpc) is 3.36. The highest BCUT2D eigenvalue weighted by molar-refractivity contribution is 7.22. The molecule has 35 heavy (non-hydrogen) atoms. The quantitative estimate of drug-likeness (QED) is 0.208. The third-order valence-corrected chi connectivity index (χ3v) is 7.15. The average molecular weight is 487 g/mol. The van der Waals surface area contributed by atoms with Gasteiger partial charge in [0.05, 0.1) is 21.8 Å². The summed E-state index contributed by atoms with van der Waals surface area (Å²) in [6.45, 7) is 6.30. The molecule has 1 fully saturated rings. The molecule has 0 spiro atoms. The third-order valence-electron chi connectivity index (χ3n) is 6.13. The number of carbonyl (C=O) groups excluding carboxylic acids is 2. The van der Waals surface area contributed by atoms with Gasteiger partial charge in [-0.05, 0) is 34.7 Å². The second kappa shape index (κ2) is 8.43. The molecule has 0 bridgehead atoms. The second-order valence-electron chi connectivity index (χ2n) is 9.52. The Labute approximate surface area is 206 Å². The molecule has 7 heteroatoms. The zero-order chi connectivity index (χ0) is 24.9. The number of amides is 1. The number of aliphatic hydroxyl groups is 1. The van der Waals surface area contributed by atoms with Crippen molar-refractivity contribution in [3.63, 3.8) is 0 Å². The summed E-state index contributed by atoms with van der Waals surface area (Å²) in [5, 5.41) is 11.4. The largest absolute Gasteiger partial charge is 0.507 e. The fraction of sp³-hybridized carbons (Fsp3) is 0.179. The minimum Gasteiger partial charge on any atom is -0.507 e. The van der Waals surface area contributed by atoms with Gasteiger partial charge in [-0.15, -0.1) is 0 Å². The monoisotopic (exact) mass is 486 g/mol. The minimum absolute atomic E-state index is 0.00450. The van der Waals surface area contributed by atoms with Gasteiger partial charge in [0.25, 0.3) is 5.78 Å². The number of nitrogens with zero attached hydrogens (tertiary/aromatic N) is 2. The summed E-state index contributed by atoms with van der Waals surface area (Å²) in [6.07, 6.45) is 0. The van der Waals surface area contributed by atoms with Crippen molar-refractivity contribution in [3.05, 3.63) is 101 Å². The predicted octanol–water partition coefficient (Wildman–Crippen LogP) is 6.36. The molecule has 1 unspecified atom stereocenters. The van der Waals surface area contributed by atoms with Crippen molar-refractivity contribution in [2.45, 2.75) is 32.2 Å². The first-order valence-electron chi connectivity index (χ1n) is 11.2. The molecule has 1 aliphatic heterocycles. The van der Waals surface area contributed by atoms with E-state index >= 15 is 0 Å². The summed E-state index contributed by atoms with van der Waals surface area (Å²) < 4.78 is 14.4. The number of hydrogen-bond acceptors (Lipinski definition) is 5. The first kappa shape index (κ1) is 22.9. The fourth-order valence-corrected chi connectivity index (χ4v) is 5.27. The van der Waals surface area contributed by atoms with Crippen molar-refractivity contribution in [1.82, 2.24) is 4.98 Å². The molecule has 1 aliphatic rings. The maximum atomic E-state index is 13.8. The number of aliphatic hydroxyl groups excluding tert-OH is 1. The van der Waals surface area contributed by atoms with Gasteiger partial charge in [0, 0.05) is 5.56 Å². The van der Waals surface area contributed by atoms with Gasteiger partial charge < -0.3 is 5.11 Å². The van der Waals surface area contributed by atoms with E-state index in [0.29, 0.717) is 21.3 Å². The van der Waals surface area contributed by atoms with Crippen molar-refractivity contribution in [1.29, 1.82) is 0 Å². The zero-order valence-corrected chi connectivity index (χ0v) is 20.3. The van der Waals surface area contributed by atoms with Crippen LogP contribution in [0.1, 0.15) is 43.5 Å². The van der Waals surface area contributed by atoms with Gasteiger partial charge in [-0.25, -0.2) is 9.37 Å². The van der Waals surface area contributed by atoms with Crippen LogP contribution in [0.3, 0.4) is 0 Å². The van der Waals surface area contributed by atoms with Crippen LogP contribution < -0.4 is 4.90 Å². The van der Waals surface area contributed by atoms with Crippen LogP contribution in [0.25, 0.3) is 16.0 Å². The van der Waals surface area contributed by atoms with E-state index in [-0.39, 0.29) is 21.9 Å². The highest BCUT2D eigenvalue weighted by Gasteiger charge is 2.48. The first-order valence-corrected chi connectivity index (χ1v) is 12.0. The maximum absolute atomic E-state index is 13.8. The molecule has 4 aromatic rings. The van der Waals surface area contributed by atoms with Crippen molar-refractivity contribution in [2.24, 2.45) is 0 Å². The first-order chi connectivity index (χ1) is 16.6. The lowest BCUT2D eigenvalue weighted by Crippen LogP contribution is -2.29. The van der Waals surface area contributed by atoms with E-state index in [2.05, 4.69) is 25.8 Å². The molecule has 3 aromatic carbocycles.